The predicted molar refractivity (Wildman–Crippen MR) is 150 cm³/mol. The Labute approximate surface area is 246 Å². The quantitative estimate of drug-likeness (QED) is 0.298. The molecular formula is C30H29ClFN3O7. The van der Waals surface area contributed by atoms with Crippen molar-refractivity contribution in [2.24, 2.45) is 0 Å². The summed E-state index contributed by atoms with van der Waals surface area (Å²) in [6, 6.07) is 15.9. The van der Waals surface area contributed by atoms with Crippen molar-refractivity contribution < 1.29 is 38.5 Å². The van der Waals surface area contributed by atoms with Gasteiger partial charge < -0.3 is 35.2 Å². The van der Waals surface area contributed by atoms with E-state index in [0.717, 1.165) is 10.5 Å². The zero-order valence-electron chi connectivity index (χ0n) is 22.3. The number of nitrogens with zero attached hydrogens (tertiary/aromatic N) is 1. The first kappa shape index (κ1) is 29.2. The molecule has 0 aromatic heterocycles. The molecule has 1 fully saturated rings. The zero-order chi connectivity index (χ0) is 29.8. The lowest BCUT2D eigenvalue weighted by molar-refractivity contribution is -0.146. The highest BCUT2D eigenvalue weighted by atomic mass is 35.5. The number of phenols is 1. The third kappa shape index (κ3) is 6.42. The SMILES string of the molecule is O=C(N[C@@H](Cc1ccccc1)[C@H](O)C(=O)N1C[C@@H](F)C[C@H]1C(=O)NCc1ccc2c(c1)OCO2)c1cccc(O)c1Cl. The second-order valence-corrected chi connectivity index (χ2v) is 10.5. The van der Waals surface area contributed by atoms with Crippen LogP contribution in [0, 0.1) is 0 Å². The van der Waals surface area contributed by atoms with Crippen molar-refractivity contribution in [2.45, 2.75) is 43.7 Å². The molecule has 3 aromatic rings. The molecule has 220 valence electrons. The normalized spacial score (nSPS) is 18.8. The summed E-state index contributed by atoms with van der Waals surface area (Å²) in [5, 5.41) is 26.3. The molecule has 4 atom stereocenters. The number of aliphatic hydroxyl groups excluding tert-OH is 1. The minimum absolute atomic E-state index is 0.0454. The van der Waals surface area contributed by atoms with Crippen molar-refractivity contribution in [1.82, 2.24) is 15.5 Å². The molecule has 42 heavy (non-hydrogen) atoms. The number of aliphatic hydroxyl groups is 1. The number of fused-ring (bicyclic) bond motifs is 1. The maximum Gasteiger partial charge on any atom is 0.254 e. The first-order valence-electron chi connectivity index (χ1n) is 13.3. The highest BCUT2D eigenvalue weighted by molar-refractivity contribution is 6.35. The summed E-state index contributed by atoms with van der Waals surface area (Å²) in [4.78, 5) is 40.8. The number of halogens is 2. The van der Waals surface area contributed by atoms with Crippen LogP contribution in [-0.4, -0.2) is 70.5 Å². The molecule has 0 spiro atoms. The number of carbonyl (C=O) groups is 3. The van der Waals surface area contributed by atoms with Crippen LogP contribution in [0.2, 0.25) is 5.02 Å². The Morgan fingerprint density at radius 1 is 1.02 bits per heavy atom. The first-order valence-corrected chi connectivity index (χ1v) is 13.7. The van der Waals surface area contributed by atoms with E-state index in [2.05, 4.69) is 10.6 Å². The molecule has 2 aliphatic rings. The van der Waals surface area contributed by atoms with Gasteiger partial charge in [-0.15, -0.1) is 0 Å². The maximum absolute atomic E-state index is 14.6. The molecule has 2 aliphatic heterocycles. The Bertz CT molecular complexity index is 1470. The van der Waals surface area contributed by atoms with Crippen LogP contribution < -0.4 is 20.1 Å². The van der Waals surface area contributed by atoms with Crippen molar-refractivity contribution in [3.63, 3.8) is 0 Å². The molecule has 0 bridgehead atoms. The zero-order valence-corrected chi connectivity index (χ0v) is 23.1. The van der Waals surface area contributed by atoms with Gasteiger partial charge in [0.15, 0.2) is 17.6 Å². The molecule has 0 radical (unpaired) electrons. The van der Waals surface area contributed by atoms with Gasteiger partial charge in [-0.2, -0.15) is 0 Å². The molecule has 10 nitrogen and oxygen atoms in total. The van der Waals surface area contributed by atoms with Gasteiger partial charge in [0.25, 0.3) is 11.8 Å². The number of ether oxygens (including phenoxy) is 2. The third-order valence-electron chi connectivity index (χ3n) is 7.21. The summed E-state index contributed by atoms with van der Waals surface area (Å²) >= 11 is 6.10. The van der Waals surface area contributed by atoms with Gasteiger partial charge in [0.2, 0.25) is 12.7 Å². The fourth-order valence-corrected chi connectivity index (χ4v) is 5.24. The monoisotopic (exact) mass is 597 g/mol. The molecule has 5 rings (SSSR count). The number of hydrogen-bond acceptors (Lipinski definition) is 7. The summed E-state index contributed by atoms with van der Waals surface area (Å²) in [5.41, 5.74) is 1.37. The number of likely N-dealkylation sites (tertiary alicyclic amines) is 1. The highest BCUT2D eigenvalue weighted by Crippen LogP contribution is 2.32. The van der Waals surface area contributed by atoms with Gasteiger partial charge in [0.05, 0.1) is 23.2 Å². The second-order valence-electron chi connectivity index (χ2n) is 10.1. The van der Waals surface area contributed by atoms with Crippen molar-refractivity contribution in [2.75, 3.05) is 13.3 Å². The van der Waals surface area contributed by atoms with E-state index in [1.54, 1.807) is 48.5 Å². The number of amides is 3. The Kier molecular flexibility index (Phi) is 8.79. The van der Waals surface area contributed by atoms with Crippen molar-refractivity contribution in [3.05, 3.63) is 88.4 Å². The van der Waals surface area contributed by atoms with Crippen LogP contribution in [0.5, 0.6) is 17.2 Å². The largest absolute Gasteiger partial charge is 0.506 e. The van der Waals surface area contributed by atoms with E-state index < -0.39 is 42.1 Å². The first-order chi connectivity index (χ1) is 20.2. The number of nitrogens with one attached hydrogen (secondary N) is 2. The van der Waals surface area contributed by atoms with E-state index in [1.807, 2.05) is 0 Å². The fourth-order valence-electron chi connectivity index (χ4n) is 5.03. The van der Waals surface area contributed by atoms with Crippen LogP contribution in [0.15, 0.2) is 66.7 Å². The molecule has 3 amide bonds. The summed E-state index contributed by atoms with van der Waals surface area (Å²) in [7, 11) is 0. The lowest BCUT2D eigenvalue weighted by atomic mass is 9.99. The molecule has 0 aliphatic carbocycles. The topological polar surface area (TPSA) is 137 Å². The minimum Gasteiger partial charge on any atom is -0.506 e. The van der Waals surface area contributed by atoms with E-state index in [4.69, 9.17) is 21.1 Å². The third-order valence-corrected chi connectivity index (χ3v) is 7.61. The minimum atomic E-state index is -1.82. The molecule has 2 heterocycles. The summed E-state index contributed by atoms with van der Waals surface area (Å²) < 4.78 is 25.2. The average molecular weight is 598 g/mol. The molecule has 0 unspecified atom stereocenters. The Balaban J connectivity index is 1.31. The van der Waals surface area contributed by atoms with Crippen LogP contribution in [0.4, 0.5) is 4.39 Å². The number of benzene rings is 3. The van der Waals surface area contributed by atoms with Gasteiger partial charge in [0.1, 0.15) is 18.0 Å². The number of carbonyl (C=O) groups excluding carboxylic acids is 3. The van der Waals surface area contributed by atoms with Crippen LogP contribution in [0.3, 0.4) is 0 Å². The van der Waals surface area contributed by atoms with Gasteiger partial charge in [-0.05, 0) is 41.8 Å². The van der Waals surface area contributed by atoms with Gasteiger partial charge in [-0.1, -0.05) is 54.1 Å². The van der Waals surface area contributed by atoms with Gasteiger partial charge >= 0.3 is 0 Å². The molecule has 1 saturated heterocycles. The van der Waals surface area contributed by atoms with E-state index in [0.29, 0.717) is 17.1 Å². The number of alkyl halides is 1. The lowest BCUT2D eigenvalue weighted by Crippen LogP contribution is -2.55. The molecular weight excluding hydrogens is 569 g/mol. The molecule has 3 aromatic carbocycles. The Morgan fingerprint density at radius 3 is 2.57 bits per heavy atom. The number of hydrogen-bond donors (Lipinski definition) is 4. The number of rotatable bonds is 9. The average Bonchev–Trinajstić information content (AvgIpc) is 3.62. The number of phenolic OH excluding ortho intramolecular Hbond substituents is 1. The van der Waals surface area contributed by atoms with Crippen LogP contribution in [-0.2, 0) is 22.6 Å². The molecule has 0 saturated carbocycles. The van der Waals surface area contributed by atoms with Gasteiger partial charge in [0, 0.05) is 13.0 Å². The second kappa shape index (κ2) is 12.7. The van der Waals surface area contributed by atoms with Gasteiger partial charge in [-0.25, -0.2) is 4.39 Å². The smallest absolute Gasteiger partial charge is 0.254 e. The van der Waals surface area contributed by atoms with Crippen LogP contribution in [0.25, 0.3) is 0 Å². The van der Waals surface area contributed by atoms with Gasteiger partial charge in [-0.3, -0.25) is 14.4 Å². The fraction of sp³-hybridized carbons (Fsp3) is 0.300. The summed E-state index contributed by atoms with van der Waals surface area (Å²) in [6.07, 6.45) is -3.49. The molecule has 4 N–H and O–H groups in total. The Hall–Kier alpha value is -4.35. The number of aromatic hydroxyl groups is 1. The van der Waals surface area contributed by atoms with E-state index in [-0.39, 0.29) is 49.1 Å². The summed E-state index contributed by atoms with van der Waals surface area (Å²) in [6.45, 7) is -0.176. The molecule has 12 heteroatoms. The van der Waals surface area contributed by atoms with Crippen LogP contribution >= 0.6 is 11.6 Å². The van der Waals surface area contributed by atoms with Crippen molar-refractivity contribution >= 4 is 29.3 Å². The summed E-state index contributed by atoms with van der Waals surface area (Å²) in [5.74, 6) is -1.38. The maximum atomic E-state index is 14.6. The predicted octanol–water partition coefficient (Wildman–Crippen LogP) is 2.73. The Morgan fingerprint density at radius 2 is 1.79 bits per heavy atom. The van der Waals surface area contributed by atoms with Crippen molar-refractivity contribution in [1.29, 1.82) is 0 Å². The van der Waals surface area contributed by atoms with Crippen molar-refractivity contribution in [3.8, 4) is 17.2 Å². The standard InChI is InChI=1S/C30H29ClFN3O7/c31-26-20(7-4-8-23(26)36)28(38)34-21(11-17-5-2-1-3-6-17)27(37)30(40)35-15-19(32)13-22(35)29(39)33-14-18-9-10-24-25(12-18)42-16-41-24/h1-10,12,19,21-22,27,36-37H,11,13-16H2,(H,33,39)(H,34,38)/t19-,21-,22-,27-/m0/s1. The van der Waals surface area contributed by atoms with Crippen LogP contribution in [0.1, 0.15) is 27.9 Å². The van der Waals surface area contributed by atoms with E-state index in [1.165, 1.54) is 18.2 Å². The van der Waals surface area contributed by atoms with E-state index in [9.17, 15) is 29.0 Å². The lowest BCUT2D eigenvalue weighted by Gasteiger charge is -2.30. The van der Waals surface area contributed by atoms with E-state index >= 15 is 0 Å². The highest BCUT2D eigenvalue weighted by Gasteiger charge is 2.43.